The Labute approximate surface area is 147 Å². The third-order valence-electron chi connectivity index (χ3n) is 3.05. The Balaban J connectivity index is 1.58. The maximum atomic E-state index is 4.52. The molecule has 1 N–H and O–H groups in total. The van der Waals surface area contributed by atoms with E-state index in [9.17, 15) is 0 Å². The van der Waals surface area contributed by atoms with Gasteiger partial charge in [-0.05, 0) is 23.8 Å². The normalized spacial score (nSPS) is 11.3. The van der Waals surface area contributed by atoms with Crippen LogP contribution in [-0.4, -0.2) is 11.2 Å². The van der Waals surface area contributed by atoms with Crippen molar-refractivity contribution in [3.8, 4) is 11.3 Å². The molecule has 3 aromatic rings. The van der Waals surface area contributed by atoms with Crippen LogP contribution in [0.1, 0.15) is 5.56 Å². The number of allylic oxidation sites excluding steroid dienone is 1. The Morgan fingerprint density at radius 3 is 2.61 bits per heavy atom. The SMILES string of the molecule is Brc1ccc(-c2csc(NN=CC=Cc3ccccc3)n2)cc1. The van der Waals surface area contributed by atoms with Crippen molar-refractivity contribution in [2.45, 2.75) is 0 Å². The fraction of sp³-hybridized carbons (Fsp3) is 0. The molecule has 0 aliphatic rings. The van der Waals surface area contributed by atoms with Crippen molar-refractivity contribution >= 4 is 44.7 Å². The fourth-order valence-electron chi connectivity index (χ4n) is 1.93. The van der Waals surface area contributed by atoms with Gasteiger partial charge in [-0.1, -0.05) is 64.5 Å². The first kappa shape index (κ1) is 15.6. The molecule has 2 aromatic carbocycles. The van der Waals surface area contributed by atoms with Crippen molar-refractivity contribution in [2.24, 2.45) is 5.10 Å². The summed E-state index contributed by atoms with van der Waals surface area (Å²) in [4.78, 5) is 4.52. The number of thiazole rings is 1. The van der Waals surface area contributed by atoms with Gasteiger partial charge in [-0.15, -0.1) is 11.3 Å². The molecule has 0 atom stereocenters. The van der Waals surface area contributed by atoms with E-state index in [4.69, 9.17) is 0 Å². The predicted octanol–water partition coefficient (Wildman–Crippen LogP) is 5.68. The first-order valence-corrected chi connectivity index (χ1v) is 8.71. The molecule has 0 aliphatic carbocycles. The molecule has 0 aliphatic heterocycles. The number of rotatable bonds is 5. The molecular weight excluding hydrogens is 370 g/mol. The maximum absolute atomic E-state index is 4.52. The molecular formula is C18H14BrN3S. The predicted molar refractivity (Wildman–Crippen MR) is 103 cm³/mol. The summed E-state index contributed by atoms with van der Waals surface area (Å²) in [5.41, 5.74) is 6.13. The van der Waals surface area contributed by atoms with Crippen molar-refractivity contribution in [1.29, 1.82) is 0 Å². The lowest BCUT2D eigenvalue weighted by molar-refractivity contribution is 1.29. The Morgan fingerprint density at radius 1 is 1.04 bits per heavy atom. The second-order valence-corrected chi connectivity index (χ2v) is 6.48. The van der Waals surface area contributed by atoms with Gasteiger partial charge in [0.2, 0.25) is 5.13 Å². The molecule has 5 heteroatoms. The average molecular weight is 384 g/mol. The summed E-state index contributed by atoms with van der Waals surface area (Å²) in [7, 11) is 0. The molecule has 3 rings (SSSR count). The van der Waals surface area contributed by atoms with Gasteiger partial charge in [-0.2, -0.15) is 5.10 Å². The van der Waals surface area contributed by atoms with Crippen LogP contribution >= 0.6 is 27.3 Å². The highest BCUT2D eigenvalue weighted by Crippen LogP contribution is 2.25. The van der Waals surface area contributed by atoms with E-state index < -0.39 is 0 Å². The first-order valence-electron chi connectivity index (χ1n) is 7.03. The molecule has 3 nitrogen and oxygen atoms in total. The number of anilines is 1. The lowest BCUT2D eigenvalue weighted by atomic mass is 10.2. The van der Waals surface area contributed by atoms with Gasteiger partial charge >= 0.3 is 0 Å². The molecule has 0 bridgehead atoms. The number of nitrogens with one attached hydrogen (secondary N) is 1. The van der Waals surface area contributed by atoms with Gasteiger partial charge < -0.3 is 0 Å². The number of hydrazone groups is 1. The number of hydrogen-bond donors (Lipinski definition) is 1. The van der Waals surface area contributed by atoms with E-state index in [0.717, 1.165) is 26.4 Å². The van der Waals surface area contributed by atoms with Gasteiger partial charge in [0, 0.05) is 21.6 Å². The van der Waals surface area contributed by atoms with Crippen LogP contribution in [0.15, 0.2) is 75.6 Å². The van der Waals surface area contributed by atoms with Crippen molar-refractivity contribution in [3.05, 3.63) is 76.1 Å². The highest BCUT2D eigenvalue weighted by atomic mass is 79.9. The van der Waals surface area contributed by atoms with E-state index >= 15 is 0 Å². The van der Waals surface area contributed by atoms with Crippen LogP contribution in [0.4, 0.5) is 5.13 Å². The maximum Gasteiger partial charge on any atom is 0.203 e. The molecule has 0 amide bonds. The Hall–Kier alpha value is -2.24. The second kappa shape index (κ2) is 7.85. The minimum absolute atomic E-state index is 0.771. The van der Waals surface area contributed by atoms with Crippen LogP contribution in [-0.2, 0) is 0 Å². The molecule has 1 heterocycles. The van der Waals surface area contributed by atoms with Gasteiger partial charge in [-0.3, -0.25) is 5.43 Å². The Morgan fingerprint density at radius 2 is 1.83 bits per heavy atom. The smallest absolute Gasteiger partial charge is 0.203 e. The number of halogens is 1. The van der Waals surface area contributed by atoms with E-state index in [1.165, 1.54) is 11.3 Å². The summed E-state index contributed by atoms with van der Waals surface area (Å²) in [6, 6.07) is 18.2. The Kier molecular flexibility index (Phi) is 5.34. The van der Waals surface area contributed by atoms with Crippen LogP contribution in [0.5, 0.6) is 0 Å². The van der Waals surface area contributed by atoms with E-state index in [0.29, 0.717) is 0 Å². The molecule has 1 aromatic heterocycles. The summed E-state index contributed by atoms with van der Waals surface area (Å²) < 4.78 is 1.06. The van der Waals surface area contributed by atoms with Gasteiger partial charge in [0.25, 0.3) is 0 Å². The highest BCUT2D eigenvalue weighted by Gasteiger charge is 2.03. The van der Waals surface area contributed by atoms with E-state index in [2.05, 4.69) is 31.4 Å². The number of hydrogen-bond acceptors (Lipinski definition) is 4. The van der Waals surface area contributed by atoms with E-state index in [-0.39, 0.29) is 0 Å². The second-order valence-electron chi connectivity index (χ2n) is 4.70. The number of nitrogens with zero attached hydrogens (tertiary/aromatic N) is 2. The third-order valence-corrected chi connectivity index (χ3v) is 4.33. The summed E-state index contributed by atoms with van der Waals surface area (Å²) in [5, 5.41) is 6.94. The molecule has 0 unspecified atom stereocenters. The lowest BCUT2D eigenvalue weighted by Crippen LogP contribution is -1.87. The first-order chi connectivity index (χ1) is 11.3. The molecule has 0 radical (unpaired) electrons. The molecule has 0 fully saturated rings. The average Bonchev–Trinajstić information content (AvgIpc) is 3.05. The number of aromatic nitrogens is 1. The minimum Gasteiger partial charge on any atom is -0.253 e. The van der Waals surface area contributed by atoms with Crippen molar-refractivity contribution < 1.29 is 0 Å². The van der Waals surface area contributed by atoms with Gasteiger partial charge in [0.15, 0.2) is 0 Å². The van der Waals surface area contributed by atoms with Crippen LogP contribution in [0, 0.1) is 0 Å². The summed E-state index contributed by atoms with van der Waals surface area (Å²) in [5.74, 6) is 0. The zero-order valence-electron chi connectivity index (χ0n) is 12.2. The fourth-order valence-corrected chi connectivity index (χ4v) is 2.86. The summed E-state index contributed by atoms with van der Waals surface area (Å²) in [6.45, 7) is 0. The molecule has 0 spiro atoms. The standard InChI is InChI=1S/C18H14BrN3S/c19-16-10-8-15(9-11-16)17-13-23-18(21-17)22-20-12-4-7-14-5-2-1-3-6-14/h1-13H,(H,21,22). The summed E-state index contributed by atoms with van der Waals surface area (Å²) >= 11 is 4.96. The monoisotopic (exact) mass is 383 g/mol. The molecule has 0 saturated heterocycles. The zero-order chi connectivity index (χ0) is 15.9. The van der Waals surface area contributed by atoms with Gasteiger partial charge in [-0.25, -0.2) is 4.98 Å². The van der Waals surface area contributed by atoms with Crippen LogP contribution in [0.3, 0.4) is 0 Å². The quantitative estimate of drug-likeness (QED) is 0.454. The minimum atomic E-state index is 0.771. The largest absolute Gasteiger partial charge is 0.253 e. The molecule has 23 heavy (non-hydrogen) atoms. The molecule has 0 saturated carbocycles. The molecule has 114 valence electrons. The van der Waals surface area contributed by atoms with Crippen molar-refractivity contribution in [2.75, 3.05) is 5.43 Å². The topological polar surface area (TPSA) is 37.3 Å². The van der Waals surface area contributed by atoms with Crippen LogP contribution in [0.2, 0.25) is 0 Å². The van der Waals surface area contributed by atoms with Gasteiger partial charge in [0.05, 0.1) is 5.69 Å². The van der Waals surface area contributed by atoms with E-state index in [1.54, 1.807) is 6.21 Å². The van der Waals surface area contributed by atoms with Crippen LogP contribution in [0.25, 0.3) is 17.3 Å². The highest BCUT2D eigenvalue weighted by molar-refractivity contribution is 9.10. The van der Waals surface area contributed by atoms with Crippen molar-refractivity contribution in [1.82, 2.24) is 4.98 Å². The lowest BCUT2D eigenvalue weighted by Gasteiger charge is -1.96. The third kappa shape index (κ3) is 4.61. The Bertz CT molecular complexity index is 808. The van der Waals surface area contributed by atoms with Gasteiger partial charge in [0.1, 0.15) is 0 Å². The van der Waals surface area contributed by atoms with Crippen LogP contribution < -0.4 is 5.43 Å². The summed E-state index contributed by atoms with van der Waals surface area (Å²) in [6.07, 6.45) is 5.61. The van der Waals surface area contributed by atoms with E-state index in [1.807, 2.05) is 72.1 Å². The van der Waals surface area contributed by atoms with Crippen molar-refractivity contribution in [3.63, 3.8) is 0 Å². The number of benzene rings is 2. The zero-order valence-corrected chi connectivity index (χ0v) is 14.6.